The number of anilines is 1. The van der Waals surface area contributed by atoms with Gasteiger partial charge in [0.2, 0.25) is 0 Å². The van der Waals surface area contributed by atoms with Gasteiger partial charge in [0.05, 0.1) is 17.2 Å². The lowest BCUT2D eigenvalue weighted by Gasteiger charge is -2.15. The molecule has 1 heterocycles. The number of esters is 1. The Balaban J connectivity index is 1.69. The van der Waals surface area contributed by atoms with Crippen molar-refractivity contribution in [2.75, 3.05) is 11.3 Å². The Morgan fingerprint density at radius 1 is 0.842 bits per heavy atom. The van der Waals surface area contributed by atoms with E-state index in [1.807, 2.05) is 44.2 Å². The van der Waals surface area contributed by atoms with Crippen LogP contribution >= 0.6 is 0 Å². The van der Waals surface area contributed by atoms with Gasteiger partial charge in [-0.3, -0.25) is 4.72 Å². The standard InChI is InChI=1S/C31H37NO5S/c1-6-7-8-9-10-13-16-36-31(33)29-23(5)37-30-25-15-12-11-14-24(25)27(19-26(29)30)32-38(34,35)28-18-21(3)20(2)17-22(28)4/h11-12,14-15,17-19,32H,6-10,13,16H2,1-5H3. The minimum Gasteiger partial charge on any atom is -0.462 e. The van der Waals surface area contributed by atoms with Crippen molar-refractivity contribution in [3.63, 3.8) is 0 Å². The molecule has 7 heteroatoms. The Kier molecular flexibility index (Phi) is 8.46. The number of fused-ring (bicyclic) bond motifs is 3. The summed E-state index contributed by atoms with van der Waals surface area (Å²) in [5.74, 6) is -0.00740. The number of furan rings is 1. The van der Waals surface area contributed by atoms with Crippen molar-refractivity contribution < 1.29 is 22.4 Å². The first-order valence-corrected chi connectivity index (χ1v) is 14.8. The molecule has 4 aromatic rings. The molecule has 0 amide bonds. The second-order valence-electron chi connectivity index (χ2n) is 10.1. The molecule has 0 aliphatic heterocycles. The number of carbonyl (C=O) groups is 1. The summed E-state index contributed by atoms with van der Waals surface area (Å²) in [6.07, 6.45) is 6.58. The number of unbranched alkanes of at least 4 members (excludes halogenated alkanes) is 5. The summed E-state index contributed by atoms with van der Waals surface area (Å²) in [4.78, 5) is 13.4. The highest BCUT2D eigenvalue weighted by Crippen LogP contribution is 2.38. The number of ether oxygens (including phenoxy) is 1. The molecule has 4 rings (SSSR count). The van der Waals surface area contributed by atoms with Gasteiger partial charge in [-0.15, -0.1) is 0 Å². The van der Waals surface area contributed by atoms with Gasteiger partial charge in [0.1, 0.15) is 16.9 Å². The Labute approximate surface area is 225 Å². The molecule has 0 saturated carbocycles. The van der Waals surface area contributed by atoms with Crippen LogP contribution in [0.4, 0.5) is 5.69 Å². The number of hydrogen-bond acceptors (Lipinski definition) is 5. The summed E-state index contributed by atoms with van der Waals surface area (Å²) in [5.41, 5.74) is 3.86. The van der Waals surface area contributed by atoms with E-state index in [9.17, 15) is 13.2 Å². The first-order chi connectivity index (χ1) is 18.1. The lowest BCUT2D eigenvalue weighted by atomic mass is 10.0. The summed E-state index contributed by atoms with van der Waals surface area (Å²) < 4.78 is 41.5. The highest BCUT2D eigenvalue weighted by atomic mass is 32.2. The maximum atomic E-state index is 13.5. The molecule has 1 aromatic heterocycles. The van der Waals surface area contributed by atoms with Crippen molar-refractivity contribution >= 4 is 43.4 Å². The summed E-state index contributed by atoms with van der Waals surface area (Å²) in [6.45, 7) is 9.91. The van der Waals surface area contributed by atoms with Crippen molar-refractivity contribution in [2.24, 2.45) is 0 Å². The number of benzene rings is 3. The first kappa shape index (κ1) is 27.7. The number of sulfonamides is 1. The quantitative estimate of drug-likeness (QED) is 0.155. The molecular formula is C31H37NO5S. The largest absolute Gasteiger partial charge is 0.462 e. The fraction of sp³-hybridized carbons (Fsp3) is 0.387. The summed E-state index contributed by atoms with van der Waals surface area (Å²) in [7, 11) is -3.89. The molecule has 0 radical (unpaired) electrons. The fourth-order valence-electron chi connectivity index (χ4n) is 4.92. The monoisotopic (exact) mass is 535 g/mol. The number of rotatable bonds is 11. The number of carbonyl (C=O) groups excluding carboxylic acids is 1. The Hall–Kier alpha value is -3.32. The van der Waals surface area contributed by atoms with Crippen LogP contribution < -0.4 is 4.72 Å². The van der Waals surface area contributed by atoms with Crippen molar-refractivity contribution in [3.8, 4) is 0 Å². The minimum atomic E-state index is -3.89. The van der Waals surface area contributed by atoms with Gasteiger partial charge in [-0.2, -0.15) is 0 Å². The fourth-order valence-corrected chi connectivity index (χ4v) is 6.30. The number of nitrogens with one attached hydrogen (secondary N) is 1. The van der Waals surface area contributed by atoms with Gasteiger partial charge >= 0.3 is 5.97 Å². The predicted octanol–water partition coefficient (Wildman–Crippen LogP) is 8.14. The van der Waals surface area contributed by atoms with E-state index in [-0.39, 0.29) is 4.90 Å². The highest BCUT2D eigenvalue weighted by molar-refractivity contribution is 7.92. The maximum absolute atomic E-state index is 13.5. The molecule has 1 N–H and O–H groups in total. The zero-order chi connectivity index (χ0) is 27.4. The third-order valence-corrected chi connectivity index (χ3v) is 8.64. The van der Waals surface area contributed by atoms with E-state index in [0.717, 1.165) is 35.8 Å². The molecular weight excluding hydrogens is 498 g/mol. The lowest BCUT2D eigenvalue weighted by molar-refractivity contribution is 0.0497. The van der Waals surface area contributed by atoms with Gasteiger partial charge in [-0.25, -0.2) is 13.2 Å². The molecule has 0 unspecified atom stereocenters. The van der Waals surface area contributed by atoms with Crippen LogP contribution in [0, 0.1) is 27.7 Å². The molecule has 202 valence electrons. The number of aryl methyl sites for hydroxylation is 4. The van der Waals surface area contributed by atoms with Gasteiger partial charge < -0.3 is 9.15 Å². The molecule has 38 heavy (non-hydrogen) atoms. The molecule has 0 atom stereocenters. The van der Waals surface area contributed by atoms with Crippen LogP contribution in [0.2, 0.25) is 0 Å². The summed E-state index contributed by atoms with van der Waals surface area (Å²) in [6, 6.07) is 12.7. The van der Waals surface area contributed by atoms with E-state index >= 15 is 0 Å². The van der Waals surface area contributed by atoms with Gasteiger partial charge in [0.15, 0.2) is 0 Å². The van der Waals surface area contributed by atoms with Crippen LogP contribution in [-0.2, 0) is 14.8 Å². The van der Waals surface area contributed by atoms with Gasteiger partial charge in [0.25, 0.3) is 10.0 Å². The molecule has 0 aliphatic carbocycles. The second kappa shape index (κ2) is 11.6. The zero-order valence-corrected chi connectivity index (χ0v) is 23.8. The zero-order valence-electron chi connectivity index (χ0n) is 22.9. The van der Waals surface area contributed by atoms with E-state index in [0.29, 0.717) is 45.5 Å². The summed E-state index contributed by atoms with van der Waals surface area (Å²) >= 11 is 0. The second-order valence-corrected chi connectivity index (χ2v) is 11.7. The van der Waals surface area contributed by atoms with Gasteiger partial charge in [0, 0.05) is 16.2 Å². The highest BCUT2D eigenvalue weighted by Gasteiger charge is 2.25. The van der Waals surface area contributed by atoms with Gasteiger partial charge in [-0.1, -0.05) is 69.4 Å². The van der Waals surface area contributed by atoms with Crippen molar-refractivity contribution in [3.05, 3.63) is 70.5 Å². The molecule has 0 aliphatic rings. The van der Waals surface area contributed by atoms with Crippen LogP contribution in [0.3, 0.4) is 0 Å². The molecule has 0 saturated heterocycles. The van der Waals surface area contributed by atoms with E-state index in [4.69, 9.17) is 9.15 Å². The third kappa shape index (κ3) is 5.73. The molecule has 3 aromatic carbocycles. The van der Waals surface area contributed by atoms with Crippen molar-refractivity contribution in [2.45, 2.75) is 78.0 Å². The van der Waals surface area contributed by atoms with E-state index in [2.05, 4.69) is 11.6 Å². The average molecular weight is 536 g/mol. The summed E-state index contributed by atoms with van der Waals surface area (Å²) in [5, 5.41) is 1.94. The van der Waals surface area contributed by atoms with Crippen molar-refractivity contribution in [1.82, 2.24) is 0 Å². The molecule has 0 bridgehead atoms. The van der Waals surface area contributed by atoms with Crippen LogP contribution in [-0.4, -0.2) is 21.0 Å². The van der Waals surface area contributed by atoms with E-state index in [1.165, 1.54) is 19.3 Å². The van der Waals surface area contributed by atoms with Crippen LogP contribution in [0.25, 0.3) is 21.7 Å². The molecule has 0 fully saturated rings. The molecule has 6 nitrogen and oxygen atoms in total. The number of hydrogen-bond donors (Lipinski definition) is 1. The smallest absolute Gasteiger partial charge is 0.342 e. The van der Waals surface area contributed by atoms with E-state index < -0.39 is 16.0 Å². The first-order valence-electron chi connectivity index (χ1n) is 13.4. The van der Waals surface area contributed by atoms with Crippen LogP contribution in [0.1, 0.15) is 78.3 Å². The topological polar surface area (TPSA) is 85.6 Å². The normalized spacial score (nSPS) is 11.8. The van der Waals surface area contributed by atoms with Gasteiger partial charge in [-0.05, 0) is 62.9 Å². The maximum Gasteiger partial charge on any atom is 0.342 e. The Morgan fingerprint density at radius 2 is 1.50 bits per heavy atom. The third-order valence-electron chi connectivity index (χ3n) is 7.13. The lowest BCUT2D eigenvalue weighted by Crippen LogP contribution is -2.15. The predicted molar refractivity (Wildman–Crippen MR) is 154 cm³/mol. The Morgan fingerprint density at radius 3 is 2.24 bits per heavy atom. The average Bonchev–Trinajstić information content (AvgIpc) is 3.21. The SMILES string of the molecule is CCCCCCCCOC(=O)c1c(C)oc2c1cc(NS(=O)(=O)c1cc(C)c(C)cc1C)c1ccccc12. The van der Waals surface area contributed by atoms with Crippen molar-refractivity contribution in [1.29, 1.82) is 0 Å². The van der Waals surface area contributed by atoms with Crippen LogP contribution in [0.5, 0.6) is 0 Å². The minimum absolute atomic E-state index is 0.228. The molecule has 0 spiro atoms. The van der Waals surface area contributed by atoms with Crippen LogP contribution in [0.15, 0.2) is 51.8 Å². The van der Waals surface area contributed by atoms with E-state index in [1.54, 1.807) is 26.0 Å². The Bertz CT molecular complexity index is 1580.